The molecule has 2 aliphatic rings. The fourth-order valence-corrected chi connectivity index (χ4v) is 3.09. The molecule has 1 aromatic rings. The van der Waals surface area contributed by atoms with Gasteiger partial charge < -0.3 is 9.64 Å². The van der Waals surface area contributed by atoms with Gasteiger partial charge in [-0.05, 0) is 36.3 Å². The monoisotopic (exact) mass is 363 g/mol. The predicted molar refractivity (Wildman–Crippen MR) is 96.0 cm³/mol. The average Bonchev–Trinajstić information content (AvgIpc) is 3.21. The van der Waals surface area contributed by atoms with E-state index >= 15 is 0 Å². The molecule has 0 spiro atoms. The molecule has 1 saturated carbocycles. The van der Waals surface area contributed by atoms with Crippen LogP contribution in [0.25, 0.3) is 5.57 Å². The molecule has 1 unspecified atom stereocenters. The first-order valence-electron chi connectivity index (χ1n) is 8.24. The molecule has 1 fully saturated rings. The summed E-state index contributed by atoms with van der Waals surface area (Å²) in [6.07, 6.45) is 3.65. The van der Waals surface area contributed by atoms with E-state index in [1.165, 1.54) is 19.2 Å². The van der Waals surface area contributed by atoms with Crippen molar-refractivity contribution in [1.82, 2.24) is 4.90 Å². The lowest BCUT2D eigenvalue weighted by Crippen LogP contribution is -2.30. The molecule has 3 rings (SSSR count). The van der Waals surface area contributed by atoms with Crippen LogP contribution in [0.5, 0.6) is 5.75 Å². The Kier molecular flexibility index (Phi) is 4.89. The first kappa shape index (κ1) is 18.2. The Bertz CT molecular complexity index is 814. The lowest BCUT2D eigenvalue weighted by atomic mass is 9.97. The number of benzene rings is 1. The first-order chi connectivity index (χ1) is 12.4. The zero-order valence-electron chi connectivity index (χ0n) is 14.7. The van der Waals surface area contributed by atoms with Crippen molar-refractivity contribution in [2.24, 2.45) is 16.1 Å². The van der Waals surface area contributed by atoms with Gasteiger partial charge >= 0.3 is 0 Å². The Morgan fingerprint density at radius 3 is 2.73 bits per heavy atom. The van der Waals surface area contributed by atoms with E-state index in [0.717, 1.165) is 16.7 Å². The van der Waals surface area contributed by atoms with Gasteiger partial charge in [-0.15, -0.1) is 5.10 Å². The smallest absolute Gasteiger partial charge is 0.252 e. The summed E-state index contributed by atoms with van der Waals surface area (Å²) in [5, 5.41) is 7.46. The van der Waals surface area contributed by atoms with E-state index in [9.17, 15) is 13.2 Å². The molecule has 0 saturated heterocycles. The summed E-state index contributed by atoms with van der Waals surface area (Å²) < 4.78 is 45.2. The van der Waals surface area contributed by atoms with Crippen molar-refractivity contribution in [3.63, 3.8) is 0 Å². The normalized spacial score (nSPS) is 21.8. The van der Waals surface area contributed by atoms with Crippen LogP contribution >= 0.6 is 0 Å². The fraction of sp³-hybridized carbons (Fsp3) is 0.368. The Balaban J connectivity index is 1.82. The highest BCUT2D eigenvalue weighted by atomic mass is 19.3. The van der Waals surface area contributed by atoms with E-state index in [0.29, 0.717) is 18.1 Å². The van der Waals surface area contributed by atoms with Gasteiger partial charge in [0.2, 0.25) is 0 Å². The first-order valence-corrected chi connectivity index (χ1v) is 8.24. The molecule has 1 heterocycles. The molecule has 26 heavy (non-hydrogen) atoms. The van der Waals surface area contributed by atoms with E-state index < -0.39 is 11.8 Å². The summed E-state index contributed by atoms with van der Waals surface area (Å²) in [5.74, 6) is -2.78. The van der Waals surface area contributed by atoms with Crippen LogP contribution in [-0.4, -0.2) is 37.0 Å². The van der Waals surface area contributed by atoms with E-state index in [-0.39, 0.29) is 18.7 Å². The number of alkyl halides is 2. The van der Waals surface area contributed by atoms with Crippen LogP contribution in [-0.2, 0) is 0 Å². The van der Waals surface area contributed by atoms with Crippen molar-refractivity contribution in [2.45, 2.75) is 25.7 Å². The van der Waals surface area contributed by atoms with Gasteiger partial charge in [-0.25, -0.2) is 13.2 Å². The third-order valence-corrected chi connectivity index (χ3v) is 4.64. The molecule has 1 aliphatic heterocycles. The van der Waals surface area contributed by atoms with Crippen LogP contribution in [0.3, 0.4) is 0 Å². The Labute approximate surface area is 150 Å². The molecule has 0 radical (unpaired) electrons. The molecule has 1 atom stereocenters. The van der Waals surface area contributed by atoms with Crippen molar-refractivity contribution in [3.05, 3.63) is 47.4 Å². The van der Waals surface area contributed by atoms with Gasteiger partial charge in [-0.2, -0.15) is 5.10 Å². The lowest BCUT2D eigenvalue weighted by molar-refractivity contribution is 0.0998. The summed E-state index contributed by atoms with van der Waals surface area (Å²) in [7, 11) is 1.49. The molecule has 0 amide bonds. The number of amidine groups is 1. The highest BCUT2D eigenvalue weighted by Gasteiger charge is 2.57. The number of nitrogens with zero attached hydrogens (tertiary/aromatic N) is 3. The summed E-state index contributed by atoms with van der Waals surface area (Å²) in [5.41, 5.74) is 2.66. The summed E-state index contributed by atoms with van der Waals surface area (Å²) in [6, 6.07) is 4.37. The SMILES string of the molecule is C=N/N=C(/CC1CC1(F)F)N1C=CC(c2ccc(F)cc2OC)=C(C)C1. The van der Waals surface area contributed by atoms with Crippen molar-refractivity contribution < 1.29 is 17.9 Å². The summed E-state index contributed by atoms with van der Waals surface area (Å²) >= 11 is 0. The van der Waals surface area contributed by atoms with Crippen LogP contribution in [0.2, 0.25) is 0 Å². The van der Waals surface area contributed by atoms with Crippen LogP contribution in [0.4, 0.5) is 13.2 Å². The standard InChI is InChI=1S/C19H20F3N3O/c1-12-11-25(18(24-23-2)8-13-10-19(13,21)22)7-6-15(12)16-5-4-14(20)9-17(16)26-3/h4-7,9,13H,2,8,10-11H2,1,3H3/b24-18-. The highest BCUT2D eigenvalue weighted by Crippen LogP contribution is 2.51. The predicted octanol–water partition coefficient (Wildman–Crippen LogP) is 4.50. The molecule has 1 aromatic carbocycles. The topological polar surface area (TPSA) is 37.2 Å². The number of rotatable bonds is 5. The largest absolute Gasteiger partial charge is 0.496 e. The van der Waals surface area contributed by atoms with E-state index in [2.05, 4.69) is 16.9 Å². The van der Waals surface area contributed by atoms with Crippen molar-refractivity contribution >= 4 is 18.1 Å². The number of allylic oxidation sites excluding steroid dienone is 2. The molecule has 0 aromatic heterocycles. The number of hydrogen-bond acceptors (Lipinski definition) is 3. The minimum atomic E-state index is -2.61. The molecule has 1 aliphatic carbocycles. The summed E-state index contributed by atoms with van der Waals surface area (Å²) in [6.45, 7) is 5.73. The van der Waals surface area contributed by atoms with E-state index in [1.54, 1.807) is 17.2 Å². The molecule has 4 nitrogen and oxygen atoms in total. The van der Waals surface area contributed by atoms with Crippen molar-refractivity contribution in [1.29, 1.82) is 0 Å². The van der Waals surface area contributed by atoms with Crippen LogP contribution in [0, 0.1) is 11.7 Å². The van der Waals surface area contributed by atoms with Gasteiger partial charge in [0.1, 0.15) is 17.4 Å². The fourth-order valence-electron chi connectivity index (χ4n) is 3.09. The highest BCUT2D eigenvalue weighted by molar-refractivity contribution is 5.88. The second kappa shape index (κ2) is 6.97. The van der Waals surface area contributed by atoms with Gasteiger partial charge in [0.05, 0.1) is 7.11 Å². The maximum atomic E-state index is 13.4. The average molecular weight is 363 g/mol. The lowest BCUT2D eigenvalue weighted by Gasteiger charge is -2.27. The van der Waals surface area contributed by atoms with Crippen molar-refractivity contribution in [3.8, 4) is 5.75 Å². The minimum Gasteiger partial charge on any atom is -0.496 e. The van der Waals surface area contributed by atoms with Gasteiger partial charge in [0.15, 0.2) is 0 Å². The number of ether oxygens (including phenoxy) is 1. The Morgan fingerprint density at radius 2 is 2.15 bits per heavy atom. The number of halogens is 3. The van der Waals surface area contributed by atoms with E-state index in [1.807, 2.05) is 13.0 Å². The van der Waals surface area contributed by atoms with Gasteiger partial charge in [-0.3, -0.25) is 0 Å². The quantitative estimate of drug-likeness (QED) is 0.439. The zero-order chi connectivity index (χ0) is 18.9. The molecular formula is C19H20F3N3O. The van der Waals surface area contributed by atoms with Gasteiger partial charge in [0, 0.05) is 49.9 Å². The molecule has 138 valence electrons. The van der Waals surface area contributed by atoms with Crippen LogP contribution < -0.4 is 4.74 Å². The second-order valence-electron chi connectivity index (χ2n) is 6.51. The third kappa shape index (κ3) is 3.66. The molecule has 7 heteroatoms. The Hall–Kier alpha value is -2.57. The molecule has 0 N–H and O–H groups in total. The zero-order valence-corrected chi connectivity index (χ0v) is 14.7. The van der Waals surface area contributed by atoms with Crippen LogP contribution in [0.15, 0.2) is 46.3 Å². The number of hydrogen-bond donors (Lipinski definition) is 0. The van der Waals surface area contributed by atoms with Crippen molar-refractivity contribution in [2.75, 3.05) is 13.7 Å². The molecule has 0 bridgehead atoms. The van der Waals surface area contributed by atoms with Gasteiger partial charge in [0.25, 0.3) is 5.92 Å². The number of methoxy groups -OCH3 is 1. The minimum absolute atomic E-state index is 0.117. The van der Waals surface area contributed by atoms with E-state index in [4.69, 9.17) is 4.74 Å². The maximum absolute atomic E-state index is 13.4. The van der Waals surface area contributed by atoms with Gasteiger partial charge in [-0.1, -0.05) is 0 Å². The maximum Gasteiger partial charge on any atom is 0.252 e. The molecular weight excluding hydrogens is 343 g/mol. The third-order valence-electron chi connectivity index (χ3n) is 4.64. The Morgan fingerprint density at radius 1 is 1.42 bits per heavy atom. The van der Waals surface area contributed by atoms with Crippen LogP contribution in [0.1, 0.15) is 25.3 Å². The summed E-state index contributed by atoms with van der Waals surface area (Å²) in [4.78, 5) is 1.79. The second-order valence-corrected chi connectivity index (χ2v) is 6.51.